The number of carboxylic acid groups (broad SMARTS) is 1. The van der Waals surface area contributed by atoms with E-state index in [0.29, 0.717) is 12.8 Å². The third kappa shape index (κ3) is 1.77. The number of aromatic amines is 1. The van der Waals surface area contributed by atoms with Crippen molar-refractivity contribution in [2.75, 3.05) is 6.54 Å². The summed E-state index contributed by atoms with van der Waals surface area (Å²) in [4.78, 5) is 10.8. The van der Waals surface area contributed by atoms with Crippen LogP contribution in [0.4, 0.5) is 0 Å². The number of rotatable bonds is 2. The lowest BCUT2D eigenvalue weighted by Crippen LogP contribution is -2.34. The lowest BCUT2D eigenvalue weighted by molar-refractivity contribution is -0.143. The maximum atomic E-state index is 10.8. The smallest absolute Gasteiger partial charge is 0.306 e. The van der Waals surface area contributed by atoms with E-state index in [9.17, 15) is 4.79 Å². The highest BCUT2D eigenvalue weighted by molar-refractivity contribution is 5.70. The molecule has 76 valence electrons. The number of nitrogens with one attached hydrogen (secondary N) is 2. The van der Waals surface area contributed by atoms with Crippen molar-refractivity contribution in [2.24, 2.45) is 5.92 Å². The van der Waals surface area contributed by atoms with Gasteiger partial charge in [-0.2, -0.15) is 5.10 Å². The van der Waals surface area contributed by atoms with Gasteiger partial charge in [-0.3, -0.25) is 9.89 Å². The second-order valence-corrected chi connectivity index (χ2v) is 3.60. The fourth-order valence-corrected chi connectivity index (χ4v) is 1.85. The van der Waals surface area contributed by atoms with Crippen LogP contribution in [0.5, 0.6) is 0 Å². The molecule has 0 spiro atoms. The summed E-state index contributed by atoms with van der Waals surface area (Å²) >= 11 is 0. The van der Waals surface area contributed by atoms with Gasteiger partial charge in [-0.15, -0.1) is 0 Å². The van der Waals surface area contributed by atoms with Gasteiger partial charge in [0.05, 0.1) is 12.1 Å². The number of aromatic nitrogens is 2. The highest BCUT2D eigenvalue weighted by atomic mass is 16.4. The Kier molecular flexibility index (Phi) is 2.49. The molecule has 0 aromatic carbocycles. The molecule has 2 unspecified atom stereocenters. The molecule has 1 aromatic heterocycles. The summed E-state index contributed by atoms with van der Waals surface area (Å²) in [6, 6.07) is 0.128. The first-order valence-corrected chi connectivity index (χ1v) is 4.72. The van der Waals surface area contributed by atoms with Crippen molar-refractivity contribution in [1.29, 1.82) is 0 Å². The molecule has 5 heteroatoms. The van der Waals surface area contributed by atoms with E-state index in [2.05, 4.69) is 15.5 Å². The van der Waals surface area contributed by atoms with Crippen LogP contribution in [0, 0.1) is 5.92 Å². The second kappa shape index (κ2) is 3.79. The van der Waals surface area contributed by atoms with E-state index in [1.807, 2.05) is 6.20 Å². The lowest BCUT2D eigenvalue weighted by atomic mass is 9.90. The Morgan fingerprint density at radius 2 is 2.50 bits per heavy atom. The molecule has 2 rings (SSSR count). The minimum atomic E-state index is -0.694. The number of hydrogen-bond donors (Lipinski definition) is 3. The Morgan fingerprint density at radius 3 is 3.14 bits per heavy atom. The van der Waals surface area contributed by atoms with Crippen LogP contribution in [-0.4, -0.2) is 27.8 Å². The average molecular weight is 195 g/mol. The molecule has 1 saturated heterocycles. The summed E-state index contributed by atoms with van der Waals surface area (Å²) in [5, 5.41) is 18.8. The monoisotopic (exact) mass is 195 g/mol. The molecule has 14 heavy (non-hydrogen) atoms. The molecule has 1 aromatic rings. The Balaban J connectivity index is 2.04. The molecule has 3 N–H and O–H groups in total. The van der Waals surface area contributed by atoms with Gasteiger partial charge < -0.3 is 10.4 Å². The summed E-state index contributed by atoms with van der Waals surface area (Å²) in [7, 11) is 0. The van der Waals surface area contributed by atoms with Gasteiger partial charge in [-0.1, -0.05) is 0 Å². The first-order chi connectivity index (χ1) is 6.77. The van der Waals surface area contributed by atoms with E-state index in [-0.39, 0.29) is 12.0 Å². The molecule has 0 saturated carbocycles. The molecule has 1 fully saturated rings. The van der Waals surface area contributed by atoms with Crippen LogP contribution in [0.15, 0.2) is 12.4 Å². The fraction of sp³-hybridized carbons (Fsp3) is 0.556. The van der Waals surface area contributed by atoms with Crippen LogP contribution in [0.1, 0.15) is 24.4 Å². The second-order valence-electron chi connectivity index (χ2n) is 3.60. The predicted octanol–water partition coefficient (Wildman–Crippen LogP) is 0.535. The Bertz CT molecular complexity index is 310. The summed E-state index contributed by atoms with van der Waals surface area (Å²) in [6.07, 6.45) is 4.91. The Labute approximate surface area is 81.5 Å². The van der Waals surface area contributed by atoms with Crippen LogP contribution in [0.2, 0.25) is 0 Å². The Morgan fingerprint density at radius 1 is 1.64 bits per heavy atom. The van der Waals surface area contributed by atoms with Crippen molar-refractivity contribution in [1.82, 2.24) is 15.5 Å². The molecular formula is C9H13N3O2. The summed E-state index contributed by atoms with van der Waals surface area (Å²) in [6.45, 7) is 0.757. The average Bonchev–Trinajstić information content (AvgIpc) is 2.71. The highest BCUT2D eigenvalue weighted by Crippen LogP contribution is 2.26. The quantitative estimate of drug-likeness (QED) is 0.643. The largest absolute Gasteiger partial charge is 0.481 e. The molecule has 1 aliphatic heterocycles. The maximum absolute atomic E-state index is 10.8. The molecule has 0 aliphatic carbocycles. The molecule has 2 atom stereocenters. The number of piperidine rings is 1. The third-order valence-corrected chi connectivity index (χ3v) is 2.67. The minimum Gasteiger partial charge on any atom is -0.481 e. The van der Waals surface area contributed by atoms with Gasteiger partial charge in [0.25, 0.3) is 0 Å². The Hall–Kier alpha value is -1.36. The van der Waals surface area contributed by atoms with E-state index in [1.165, 1.54) is 0 Å². The number of nitrogens with zero attached hydrogens (tertiary/aromatic N) is 1. The third-order valence-electron chi connectivity index (χ3n) is 2.67. The zero-order chi connectivity index (χ0) is 9.97. The lowest BCUT2D eigenvalue weighted by Gasteiger charge is -2.27. The standard InChI is InChI=1S/C9H13N3O2/c13-9(14)6-1-2-10-8(3-6)7-4-11-12-5-7/h4-6,8,10H,1-3H2,(H,11,12)(H,13,14). The van der Waals surface area contributed by atoms with Crippen LogP contribution in [-0.2, 0) is 4.79 Å². The number of aliphatic carboxylic acids is 1. The van der Waals surface area contributed by atoms with E-state index in [4.69, 9.17) is 5.11 Å². The summed E-state index contributed by atoms with van der Waals surface area (Å²) in [5.74, 6) is -0.920. The summed E-state index contributed by atoms with van der Waals surface area (Å²) in [5.41, 5.74) is 1.04. The first-order valence-electron chi connectivity index (χ1n) is 4.72. The van der Waals surface area contributed by atoms with Gasteiger partial charge in [-0.25, -0.2) is 0 Å². The van der Waals surface area contributed by atoms with E-state index >= 15 is 0 Å². The van der Waals surface area contributed by atoms with Gasteiger partial charge in [0.15, 0.2) is 0 Å². The first kappa shape index (κ1) is 9.21. The van der Waals surface area contributed by atoms with Crippen molar-refractivity contribution in [2.45, 2.75) is 18.9 Å². The topological polar surface area (TPSA) is 78.0 Å². The van der Waals surface area contributed by atoms with Crippen molar-refractivity contribution in [3.63, 3.8) is 0 Å². The van der Waals surface area contributed by atoms with Crippen LogP contribution in [0.3, 0.4) is 0 Å². The molecule has 1 aliphatic rings. The maximum Gasteiger partial charge on any atom is 0.306 e. The zero-order valence-electron chi connectivity index (χ0n) is 7.73. The van der Waals surface area contributed by atoms with E-state index in [1.54, 1.807) is 6.20 Å². The molecule has 0 bridgehead atoms. The normalized spacial score (nSPS) is 27.4. The highest BCUT2D eigenvalue weighted by Gasteiger charge is 2.27. The zero-order valence-corrected chi connectivity index (χ0v) is 7.73. The number of H-pyrrole nitrogens is 1. The van der Waals surface area contributed by atoms with Gasteiger partial charge in [-0.05, 0) is 19.4 Å². The van der Waals surface area contributed by atoms with Gasteiger partial charge in [0, 0.05) is 17.8 Å². The molecule has 2 heterocycles. The van der Waals surface area contributed by atoms with Crippen LogP contribution in [0.25, 0.3) is 0 Å². The van der Waals surface area contributed by atoms with Crippen LogP contribution >= 0.6 is 0 Å². The number of carbonyl (C=O) groups is 1. The molecular weight excluding hydrogens is 182 g/mol. The van der Waals surface area contributed by atoms with Crippen LogP contribution < -0.4 is 5.32 Å². The fourth-order valence-electron chi connectivity index (χ4n) is 1.85. The van der Waals surface area contributed by atoms with Crippen molar-refractivity contribution in [3.05, 3.63) is 18.0 Å². The molecule has 0 amide bonds. The van der Waals surface area contributed by atoms with E-state index < -0.39 is 5.97 Å². The van der Waals surface area contributed by atoms with Gasteiger partial charge >= 0.3 is 5.97 Å². The number of carboxylic acids is 1. The van der Waals surface area contributed by atoms with Crippen molar-refractivity contribution >= 4 is 5.97 Å². The van der Waals surface area contributed by atoms with E-state index in [0.717, 1.165) is 12.1 Å². The van der Waals surface area contributed by atoms with Gasteiger partial charge in [0.2, 0.25) is 0 Å². The molecule has 5 nitrogen and oxygen atoms in total. The van der Waals surface area contributed by atoms with Gasteiger partial charge in [0.1, 0.15) is 0 Å². The minimum absolute atomic E-state index is 0.128. The summed E-state index contributed by atoms with van der Waals surface area (Å²) < 4.78 is 0. The predicted molar refractivity (Wildman–Crippen MR) is 49.7 cm³/mol. The SMILES string of the molecule is O=C(O)C1CCNC(c2cn[nH]c2)C1. The van der Waals surface area contributed by atoms with Crippen molar-refractivity contribution in [3.8, 4) is 0 Å². The molecule has 0 radical (unpaired) electrons. The number of hydrogen-bond acceptors (Lipinski definition) is 3. The van der Waals surface area contributed by atoms with Crippen molar-refractivity contribution < 1.29 is 9.90 Å².